The minimum Gasteiger partial charge on any atom is -0.494 e. The number of nitrogens with one attached hydrogen (secondary N) is 3. The molecule has 4 amide bonds. The molecule has 14 nitrogen and oxygen atoms in total. The summed E-state index contributed by atoms with van der Waals surface area (Å²) in [5, 5.41) is 6.48. The maximum Gasteiger partial charge on any atom is 0.427 e. The molecule has 60 heavy (non-hydrogen) atoms. The zero-order chi connectivity index (χ0) is 43.8. The standard InChI is InChI=1S/C41H53F4N5O9S/c1-6-57-28-11-12-30-26(18-28)13-16-46-34(30)58-29-19-32-33(51)48-40(36(53)49-60(55,56)39(23-42)14-15-39)20-27(40)10-8-7-9-24(2)17-25(3)31(35(52)50(32)22-29)21-47-37(54)59-38(4,5)41(43,44)45/h8,10-13,16,18,24-25,27,29,31-32H,6-7,9,14-15,17,19-23H2,1-5H3,(H,47,54)(H,48,51)(H,49,53). The molecule has 19 heteroatoms. The summed E-state index contributed by atoms with van der Waals surface area (Å²) in [7, 11) is -4.45. The highest BCUT2D eigenvalue weighted by molar-refractivity contribution is 7.91. The van der Waals surface area contributed by atoms with Gasteiger partial charge in [-0.05, 0) is 101 Å². The average Bonchev–Trinajstić information content (AvgIpc) is 4.07. The fourth-order valence-electron chi connectivity index (χ4n) is 8.05. The zero-order valence-corrected chi connectivity index (χ0v) is 35.1. The second-order valence-electron chi connectivity index (χ2n) is 17.1. The SMILES string of the molecule is CCOc1ccc2c(OC3CC4C(=O)NC5(C(=O)NS(=O)(=O)C6(CF)CC6)CC5C=CCCC(C)CC(C)C(CNC(=O)OC(C)(C)C(F)(F)F)C(=O)N4C3)nccc2c1. The van der Waals surface area contributed by atoms with E-state index in [0.29, 0.717) is 50.9 Å². The number of fused-ring (bicyclic) bond motifs is 3. The number of amides is 4. The highest BCUT2D eigenvalue weighted by Crippen LogP contribution is 2.48. The lowest BCUT2D eigenvalue weighted by Gasteiger charge is -2.33. The lowest BCUT2D eigenvalue weighted by Crippen LogP contribution is -2.58. The van der Waals surface area contributed by atoms with Gasteiger partial charge >= 0.3 is 12.3 Å². The maximum absolute atomic E-state index is 14.8. The quantitative estimate of drug-likeness (QED) is 0.193. The average molecular weight is 868 g/mol. The molecule has 330 valence electrons. The number of alkyl carbamates (subject to hydrolysis) is 1. The van der Waals surface area contributed by atoms with Crippen molar-refractivity contribution < 1.29 is 59.4 Å². The topological polar surface area (TPSA) is 182 Å². The Morgan fingerprint density at radius 2 is 1.83 bits per heavy atom. The fourth-order valence-corrected chi connectivity index (χ4v) is 9.48. The molecule has 1 aromatic heterocycles. The number of sulfonamides is 1. The van der Waals surface area contributed by atoms with Gasteiger partial charge in [0, 0.05) is 30.5 Å². The summed E-state index contributed by atoms with van der Waals surface area (Å²) in [4.78, 5) is 61.7. The van der Waals surface area contributed by atoms with Gasteiger partial charge in [-0.25, -0.2) is 22.6 Å². The van der Waals surface area contributed by atoms with Crippen molar-refractivity contribution in [2.45, 2.75) is 114 Å². The number of hydrogen-bond donors (Lipinski definition) is 3. The van der Waals surface area contributed by atoms with Crippen molar-refractivity contribution >= 4 is 44.6 Å². The Bertz CT molecular complexity index is 2110. The molecular weight excluding hydrogens is 815 g/mol. The van der Waals surface area contributed by atoms with Gasteiger partial charge in [-0.15, -0.1) is 0 Å². The van der Waals surface area contributed by atoms with Gasteiger partial charge in [0.05, 0.1) is 19.1 Å². The van der Waals surface area contributed by atoms with Crippen LogP contribution in [0.1, 0.15) is 79.6 Å². The van der Waals surface area contributed by atoms with Crippen LogP contribution in [0.25, 0.3) is 10.8 Å². The van der Waals surface area contributed by atoms with Crippen molar-refractivity contribution in [3.63, 3.8) is 0 Å². The van der Waals surface area contributed by atoms with Gasteiger partial charge in [-0.2, -0.15) is 13.2 Å². The van der Waals surface area contributed by atoms with Crippen molar-refractivity contribution in [1.29, 1.82) is 0 Å². The molecule has 7 atom stereocenters. The number of rotatable bonds is 11. The number of nitrogens with zero attached hydrogens (tertiary/aromatic N) is 2. The Labute approximate surface area is 346 Å². The van der Waals surface area contributed by atoms with E-state index in [-0.39, 0.29) is 44.0 Å². The van der Waals surface area contributed by atoms with Crippen molar-refractivity contribution in [3.8, 4) is 11.6 Å². The first-order chi connectivity index (χ1) is 28.2. The Balaban J connectivity index is 1.33. The van der Waals surface area contributed by atoms with Crippen LogP contribution in [0.5, 0.6) is 11.6 Å². The first kappa shape index (κ1) is 44.9. The van der Waals surface area contributed by atoms with Crippen LogP contribution in [0.2, 0.25) is 0 Å². The molecule has 3 fully saturated rings. The minimum absolute atomic E-state index is 0.0138. The largest absolute Gasteiger partial charge is 0.494 e. The predicted octanol–water partition coefficient (Wildman–Crippen LogP) is 5.50. The molecule has 2 saturated carbocycles. The van der Waals surface area contributed by atoms with E-state index >= 15 is 0 Å². The molecule has 1 aromatic carbocycles. The van der Waals surface area contributed by atoms with Crippen molar-refractivity contribution in [2.24, 2.45) is 23.7 Å². The number of pyridine rings is 1. The molecule has 2 aromatic rings. The van der Waals surface area contributed by atoms with Crippen LogP contribution in [0.4, 0.5) is 22.4 Å². The van der Waals surface area contributed by atoms with Crippen LogP contribution in [-0.4, -0.2) is 103 Å². The summed E-state index contributed by atoms with van der Waals surface area (Å²) in [6, 6.07) is 5.81. The Morgan fingerprint density at radius 1 is 1.10 bits per heavy atom. The molecule has 7 unspecified atom stereocenters. The lowest BCUT2D eigenvalue weighted by molar-refractivity contribution is -0.243. The Kier molecular flexibility index (Phi) is 12.7. The predicted molar refractivity (Wildman–Crippen MR) is 211 cm³/mol. The number of allylic oxidation sites excluding steroid dienone is 1. The van der Waals surface area contributed by atoms with E-state index in [2.05, 4.69) is 15.6 Å². The number of carbonyl (C=O) groups excluding carboxylic acids is 4. The second kappa shape index (κ2) is 17.0. The number of ether oxygens (including phenoxy) is 3. The summed E-state index contributed by atoms with van der Waals surface area (Å²) >= 11 is 0. The van der Waals surface area contributed by atoms with Crippen LogP contribution < -0.4 is 24.8 Å². The molecule has 3 N–H and O–H groups in total. The van der Waals surface area contributed by atoms with Gasteiger partial charge in [-0.1, -0.05) is 26.0 Å². The molecule has 4 aliphatic rings. The van der Waals surface area contributed by atoms with Crippen LogP contribution in [0.3, 0.4) is 0 Å². The van der Waals surface area contributed by atoms with E-state index in [1.807, 2.05) is 30.7 Å². The third-order valence-electron chi connectivity index (χ3n) is 12.2. The molecule has 0 radical (unpaired) electrons. The van der Waals surface area contributed by atoms with Crippen LogP contribution in [0, 0.1) is 23.7 Å². The van der Waals surface area contributed by atoms with E-state index in [9.17, 15) is 45.2 Å². The molecule has 3 heterocycles. The number of alkyl halides is 4. The molecule has 6 rings (SSSR count). The smallest absolute Gasteiger partial charge is 0.427 e. The summed E-state index contributed by atoms with van der Waals surface area (Å²) in [6.07, 6.45) is -0.310. The van der Waals surface area contributed by atoms with Gasteiger partial charge < -0.3 is 29.7 Å². The normalized spacial score (nSPS) is 28.3. The third kappa shape index (κ3) is 9.29. The van der Waals surface area contributed by atoms with Gasteiger partial charge in [0.15, 0.2) is 0 Å². The summed E-state index contributed by atoms with van der Waals surface area (Å²) < 4.78 is 98.0. The lowest BCUT2D eigenvalue weighted by atomic mass is 9.83. The van der Waals surface area contributed by atoms with E-state index in [0.717, 1.165) is 5.39 Å². The molecule has 0 bridgehead atoms. The number of halogens is 4. The van der Waals surface area contributed by atoms with E-state index in [4.69, 9.17) is 14.2 Å². The fraction of sp³-hybridized carbons (Fsp3) is 0.634. The number of benzene rings is 1. The first-order valence-corrected chi connectivity index (χ1v) is 21.8. The van der Waals surface area contributed by atoms with Crippen molar-refractivity contribution in [1.82, 2.24) is 25.2 Å². The van der Waals surface area contributed by atoms with Crippen molar-refractivity contribution in [3.05, 3.63) is 42.6 Å². The molecular formula is C41H53F4N5O9S. The van der Waals surface area contributed by atoms with Gasteiger partial charge in [0.1, 0.15) is 34.9 Å². The summed E-state index contributed by atoms with van der Waals surface area (Å²) in [6.45, 7) is 5.70. The van der Waals surface area contributed by atoms with E-state index < -0.39 is 99.0 Å². The van der Waals surface area contributed by atoms with Gasteiger partial charge in [-0.3, -0.25) is 19.1 Å². The van der Waals surface area contributed by atoms with E-state index in [1.165, 1.54) is 11.1 Å². The minimum atomic E-state index is -4.87. The van der Waals surface area contributed by atoms with Crippen LogP contribution >= 0.6 is 0 Å². The Morgan fingerprint density at radius 3 is 2.50 bits per heavy atom. The number of carbonyl (C=O) groups is 4. The molecule has 0 spiro atoms. The number of aromatic nitrogens is 1. The molecule has 2 aliphatic carbocycles. The summed E-state index contributed by atoms with van der Waals surface area (Å²) in [5.41, 5.74) is -4.56. The summed E-state index contributed by atoms with van der Waals surface area (Å²) in [5.74, 6) is -3.69. The second-order valence-corrected chi connectivity index (χ2v) is 19.2. The maximum atomic E-state index is 14.8. The van der Waals surface area contributed by atoms with E-state index in [1.54, 1.807) is 31.2 Å². The molecule has 2 aliphatic heterocycles. The highest BCUT2D eigenvalue weighted by atomic mass is 32.2. The van der Waals surface area contributed by atoms with Gasteiger partial charge in [0.2, 0.25) is 33.3 Å². The zero-order valence-electron chi connectivity index (χ0n) is 34.3. The van der Waals surface area contributed by atoms with Gasteiger partial charge in [0.25, 0.3) is 5.91 Å². The van der Waals surface area contributed by atoms with Crippen LogP contribution in [-0.2, 0) is 29.1 Å². The van der Waals surface area contributed by atoms with Crippen LogP contribution in [0.15, 0.2) is 42.6 Å². The molecule has 1 saturated heterocycles. The first-order valence-electron chi connectivity index (χ1n) is 20.3. The number of hydrogen-bond acceptors (Lipinski definition) is 10. The third-order valence-corrected chi connectivity index (χ3v) is 14.3. The Hall–Kier alpha value is -4.68. The van der Waals surface area contributed by atoms with Crippen molar-refractivity contribution in [2.75, 3.05) is 26.4 Å². The monoisotopic (exact) mass is 867 g/mol. The highest BCUT2D eigenvalue weighted by Gasteiger charge is 2.64.